The van der Waals surface area contributed by atoms with E-state index in [0.717, 1.165) is 17.2 Å². The molecule has 0 aliphatic heterocycles. The van der Waals surface area contributed by atoms with Crippen LogP contribution in [0.1, 0.15) is 22.3 Å². The van der Waals surface area contributed by atoms with E-state index in [-0.39, 0.29) is 26.9 Å². The van der Waals surface area contributed by atoms with E-state index in [0.29, 0.717) is 17.8 Å². The van der Waals surface area contributed by atoms with Crippen LogP contribution in [0.2, 0.25) is 10.0 Å². The smallest absolute Gasteiger partial charge is 0.416 e. The maximum atomic E-state index is 12.9. The summed E-state index contributed by atoms with van der Waals surface area (Å²) < 4.78 is 44.2. The number of anilines is 1. The maximum Gasteiger partial charge on any atom is 0.416 e. The van der Waals surface area contributed by atoms with Crippen LogP contribution in [0.3, 0.4) is 0 Å². The van der Waals surface area contributed by atoms with Gasteiger partial charge in [-0.3, -0.25) is 14.9 Å². The van der Waals surface area contributed by atoms with E-state index in [1.54, 1.807) is 18.2 Å². The number of nitrogens with one attached hydrogen (secondary N) is 1. The molecule has 1 N–H and O–H groups in total. The number of nitro benzene ring substituents is 1. The number of alkyl halides is 3. The Kier molecular flexibility index (Phi) is 8.11. The molecule has 0 unspecified atom stereocenters. The Morgan fingerprint density at radius 2 is 1.78 bits per heavy atom. The third-order valence-corrected chi connectivity index (χ3v) is 5.81. The number of ether oxygens (including phenoxy) is 1. The monoisotopic (exact) mass is 549 g/mol. The van der Waals surface area contributed by atoms with E-state index in [4.69, 9.17) is 27.9 Å². The molecule has 0 heterocycles. The fourth-order valence-corrected chi connectivity index (χ4v) is 3.77. The molecule has 0 fully saturated rings. The summed E-state index contributed by atoms with van der Waals surface area (Å²) in [5.41, 5.74) is 0.107. The minimum atomic E-state index is -4.80. The van der Waals surface area contributed by atoms with Crippen LogP contribution >= 0.6 is 23.2 Å². The molecule has 0 aliphatic carbocycles. The molecule has 0 saturated carbocycles. The van der Waals surface area contributed by atoms with Crippen molar-refractivity contribution in [2.75, 3.05) is 5.32 Å². The van der Waals surface area contributed by atoms with Crippen LogP contribution in [-0.2, 0) is 11.0 Å². The molecule has 0 spiro atoms. The second-order valence-corrected chi connectivity index (χ2v) is 8.54. The number of nitrogens with zero attached hydrogens (tertiary/aromatic N) is 2. The molecule has 7 nitrogen and oxygen atoms in total. The Morgan fingerprint density at radius 3 is 2.35 bits per heavy atom. The zero-order valence-electron chi connectivity index (χ0n) is 19.1. The van der Waals surface area contributed by atoms with Crippen molar-refractivity contribution in [2.24, 2.45) is 0 Å². The van der Waals surface area contributed by atoms with E-state index >= 15 is 0 Å². The van der Waals surface area contributed by atoms with Gasteiger partial charge < -0.3 is 10.1 Å². The average molecular weight is 550 g/mol. The second-order valence-electron chi connectivity index (χ2n) is 7.72. The van der Waals surface area contributed by atoms with Gasteiger partial charge in [-0.05, 0) is 66.9 Å². The van der Waals surface area contributed by atoms with Crippen LogP contribution in [0.15, 0.2) is 54.1 Å². The summed E-state index contributed by atoms with van der Waals surface area (Å²) >= 11 is 12.4. The number of benzene rings is 3. The van der Waals surface area contributed by atoms with Gasteiger partial charge in [0.15, 0.2) is 5.75 Å². The van der Waals surface area contributed by atoms with Crippen LogP contribution in [0, 0.1) is 35.3 Å². The van der Waals surface area contributed by atoms with Gasteiger partial charge in [0.2, 0.25) is 5.75 Å². The molecule has 37 heavy (non-hydrogen) atoms. The van der Waals surface area contributed by atoms with Gasteiger partial charge in [0.1, 0.15) is 11.6 Å². The molecule has 3 aromatic rings. The predicted octanol–water partition coefficient (Wildman–Crippen LogP) is 7.88. The lowest BCUT2D eigenvalue weighted by Gasteiger charge is -2.13. The number of hydrogen-bond acceptors (Lipinski definition) is 5. The van der Waals surface area contributed by atoms with Crippen molar-refractivity contribution in [1.29, 1.82) is 5.26 Å². The summed E-state index contributed by atoms with van der Waals surface area (Å²) in [6.45, 7) is 3.69. The predicted molar refractivity (Wildman–Crippen MR) is 133 cm³/mol. The van der Waals surface area contributed by atoms with Crippen LogP contribution in [0.4, 0.5) is 24.5 Å². The lowest BCUT2D eigenvalue weighted by atomic mass is 10.1. The van der Waals surface area contributed by atoms with Gasteiger partial charge in [0, 0.05) is 11.8 Å². The van der Waals surface area contributed by atoms with E-state index in [2.05, 4.69) is 5.32 Å². The van der Waals surface area contributed by atoms with Gasteiger partial charge in [-0.2, -0.15) is 18.4 Å². The summed E-state index contributed by atoms with van der Waals surface area (Å²) in [4.78, 5) is 22.9. The largest absolute Gasteiger partial charge is 0.447 e. The lowest BCUT2D eigenvalue weighted by molar-refractivity contribution is -0.385. The van der Waals surface area contributed by atoms with Gasteiger partial charge >= 0.3 is 11.9 Å². The van der Waals surface area contributed by atoms with Gasteiger partial charge in [0.05, 0.1) is 20.5 Å². The summed E-state index contributed by atoms with van der Waals surface area (Å²) in [6, 6.07) is 11.4. The zero-order valence-corrected chi connectivity index (χ0v) is 20.6. The highest BCUT2D eigenvalue weighted by molar-refractivity contribution is 6.37. The fourth-order valence-electron chi connectivity index (χ4n) is 3.18. The molecule has 3 rings (SSSR count). The third kappa shape index (κ3) is 6.39. The van der Waals surface area contributed by atoms with Crippen LogP contribution < -0.4 is 10.1 Å². The third-order valence-electron chi connectivity index (χ3n) is 5.24. The molecule has 12 heteroatoms. The number of nitro groups is 1. The number of rotatable bonds is 6. The van der Waals surface area contributed by atoms with Crippen LogP contribution in [-0.4, -0.2) is 10.8 Å². The highest BCUT2D eigenvalue weighted by Crippen LogP contribution is 2.42. The fraction of sp³-hybridized carbons (Fsp3) is 0.120. The number of carbonyl (C=O) groups excluding carboxylic acids is 1. The van der Waals surface area contributed by atoms with Crippen molar-refractivity contribution in [3.8, 4) is 17.6 Å². The average Bonchev–Trinajstić information content (AvgIpc) is 2.82. The van der Waals surface area contributed by atoms with Gasteiger partial charge in [-0.1, -0.05) is 35.3 Å². The number of halogens is 5. The van der Waals surface area contributed by atoms with E-state index in [9.17, 15) is 33.3 Å². The molecule has 0 atom stereocenters. The Hall–Kier alpha value is -4.07. The lowest BCUT2D eigenvalue weighted by Crippen LogP contribution is -2.14. The van der Waals surface area contributed by atoms with Crippen molar-refractivity contribution < 1.29 is 27.6 Å². The van der Waals surface area contributed by atoms with Crippen molar-refractivity contribution in [2.45, 2.75) is 20.0 Å². The Labute approximate surface area is 218 Å². The molecule has 0 aliphatic rings. The van der Waals surface area contributed by atoms with Crippen LogP contribution in [0.5, 0.6) is 11.5 Å². The van der Waals surface area contributed by atoms with Gasteiger partial charge in [0.25, 0.3) is 5.91 Å². The zero-order chi connectivity index (χ0) is 27.5. The molecule has 190 valence electrons. The van der Waals surface area contributed by atoms with Crippen molar-refractivity contribution >= 4 is 46.6 Å². The first-order valence-corrected chi connectivity index (χ1v) is 11.1. The highest BCUT2D eigenvalue weighted by atomic mass is 35.5. The summed E-state index contributed by atoms with van der Waals surface area (Å²) in [5.74, 6) is -1.46. The van der Waals surface area contributed by atoms with Crippen molar-refractivity contribution in [3.05, 3.63) is 96.5 Å². The number of aryl methyl sites for hydroxylation is 1. The Balaban J connectivity index is 1.92. The van der Waals surface area contributed by atoms with Gasteiger partial charge in [-0.25, -0.2) is 0 Å². The molecule has 1 amide bonds. The van der Waals surface area contributed by atoms with Gasteiger partial charge in [-0.15, -0.1) is 0 Å². The minimum absolute atomic E-state index is 0.167. The first kappa shape index (κ1) is 27.5. The first-order valence-electron chi connectivity index (χ1n) is 10.3. The molecule has 0 radical (unpaired) electrons. The van der Waals surface area contributed by atoms with Crippen LogP contribution in [0.25, 0.3) is 6.08 Å². The molecule has 0 saturated heterocycles. The first-order chi connectivity index (χ1) is 17.3. The molecule has 0 aromatic heterocycles. The Morgan fingerprint density at radius 1 is 1.14 bits per heavy atom. The number of carbonyl (C=O) groups is 1. The van der Waals surface area contributed by atoms with Crippen molar-refractivity contribution in [3.63, 3.8) is 0 Å². The van der Waals surface area contributed by atoms with Crippen molar-refractivity contribution in [1.82, 2.24) is 0 Å². The topological polar surface area (TPSA) is 105 Å². The number of amides is 1. The minimum Gasteiger partial charge on any atom is -0.447 e. The second kappa shape index (κ2) is 10.9. The Bertz CT molecular complexity index is 1460. The summed E-state index contributed by atoms with van der Waals surface area (Å²) in [7, 11) is 0. The number of hydrogen-bond donors (Lipinski definition) is 1. The maximum absolute atomic E-state index is 12.9. The quantitative estimate of drug-likeness (QED) is 0.146. The summed E-state index contributed by atoms with van der Waals surface area (Å²) in [5, 5.41) is 23.1. The molecular formula is C25H16Cl2F3N3O4. The van der Waals surface area contributed by atoms with E-state index in [1.165, 1.54) is 18.2 Å². The standard InChI is InChI=1S/C25H16Cl2F3N3O4/c1-13-4-3-5-20(14(13)2)32-24(34)16(12-31)8-15-9-18(26)23(19(27)10-15)37-22-7-6-17(25(28,29)30)11-21(22)33(35)36/h3-11H,1-2H3,(H,32,34)/b16-8+. The molecule has 0 bridgehead atoms. The normalized spacial score (nSPS) is 11.6. The highest BCUT2D eigenvalue weighted by Gasteiger charge is 2.33. The van der Waals surface area contributed by atoms with E-state index in [1.807, 2.05) is 19.9 Å². The van der Waals surface area contributed by atoms with E-state index < -0.39 is 34.0 Å². The molecule has 3 aromatic carbocycles. The summed E-state index contributed by atoms with van der Waals surface area (Å²) in [6.07, 6.45) is -3.57. The SMILES string of the molecule is Cc1cccc(NC(=O)/C(C#N)=C/c2cc(Cl)c(Oc3ccc(C(F)(F)F)cc3[N+](=O)[O-])c(Cl)c2)c1C. The number of nitriles is 1. The molecular weight excluding hydrogens is 534 g/mol.